The number of Topliss-reactive ketones (excluding diaryl/α,β-unsaturated/α-hetero) is 1. The lowest BCUT2D eigenvalue weighted by Gasteiger charge is -2.39. The second kappa shape index (κ2) is 10.1. The molecule has 3 aromatic carbocycles. The number of carbonyl (C=O) groups is 1. The number of hydrogen-bond acceptors (Lipinski definition) is 4. The highest BCUT2D eigenvalue weighted by atomic mass is 35.5. The number of halogens is 5. The van der Waals surface area contributed by atoms with Crippen molar-refractivity contribution in [2.24, 2.45) is 0 Å². The highest BCUT2D eigenvalue weighted by molar-refractivity contribution is 8.20. The van der Waals surface area contributed by atoms with Crippen LogP contribution in [0.2, 0.25) is 15.1 Å². The molecule has 0 amide bonds. The molecular formula is C25H23Cl3F2O4S. The van der Waals surface area contributed by atoms with Gasteiger partial charge in [-0.3, -0.25) is 9.00 Å². The molecule has 0 aliphatic heterocycles. The van der Waals surface area contributed by atoms with Crippen LogP contribution in [0.1, 0.15) is 5.56 Å². The van der Waals surface area contributed by atoms with Gasteiger partial charge in [-0.2, -0.15) is 8.78 Å². The van der Waals surface area contributed by atoms with E-state index in [-0.39, 0.29) is 31.1 Å². The summed E-state index contributed by atoms with van der Waals surface area (Å²) in [7, 11) is -1.61. The Morgan fingerprint density at radius 2 is 1.46 bits per heavy atom. The first kappa shape index (κ1) is 27.4. The maximum Gasteiger partial charge on any atom is 0.310 e. The first-order chi connectivity index (χ1) is 16.3. The van der Waals surface area contributed by atoms with Gasteiger partial charge in [-0.25, -0.2) is 0 Å². The lowest BCUT2D eigenvalue weighted by molar-refractivity contribution is -0.140. The van der Waals surface area contributed by atoms with E-state index in [1.165, 1.54) is 81.1 Å². The van der Waals surface area contributed by atoms with Crippen LogP contribution in [0.3, 0.4) is 0 Å². The van der Waals surface area contributed by atoms with Crippen LogP contribution in [0.5, 0.6) is 11.5 Å². The number of ether oxygens (including phenoxy) is 2. The molecule has 0 aliphatic carbocycles. The van der Waals surface area contributed by atoms with Gasteiger partial charge in [0.25, 0.3) is 0 Å². The molecule has 0 bridgehead atoms. The maximum absolute atomic E-state index is 15.2. The van der Waals surface area contributed by atoms with E-state index in [1.807, 2.05) is 0 Å². The van der Waals surface area contributed by atoms with Gasteiger partial charge in [0.05, 0.1) is 30.0 Å². The van der Waals surface area contributed by atoms with Crippen molar-refractivity contribution in [3.63, 3.8) is 0 Å². The number of hydrogen-bond donors (Lipinski definition) is 0. The summed E-state index contributed by atoms with van der Waals surface area (Å²) < 4.78 is 55.5. The largest absolute Gasteiger partial charge is 0.493 e. The number of carbonyl (C=O) groups excluding carboxylic acids is 1. The molecule has 0 saturated heterocycles. The van der Waals surface area contributed by atoms with Gasteiger partial charge < -0.3 is 9.47 Å². The standard InChI is InChI=1S/C25H23Cl3F2O4S/c1-33-22-11-4-16(12-23(22)34-2)14-25(29,30)24(31)15-35(3,32,18-7-5-17(26)6-8-18)19-9-10-20(27)21(28)13-19/h4-13H,14-15H2,1-3H3. The van der Waals surface area contributed by atoms with Crippen LogP contribution in [0.15, 0.2) is 70.5 Å². The third-order valence-electron chi connectivity index (χ3n) is 5.70. The Bertz CT molecular complexity index is 1330. The smallest absolute Gasteiger partial charge is 0.310 e. The van der Waals surface area contributed by atoms with Crippen molar-refractivity contribution in [2.45, 2.75) is 22.1 Å². The normalized spacial score (nSPS) is 13.1. The van der Waals surface area contributed by atoms with E-state index in [4.69, 9.17) is 44.3 Å². The van der Waals surface area contributed by atoms with Gasteiger partial charge in [0.2, 0.25) is 5.78 Å². The Balaban J connectivity index is 2.04. The molecule has 0 unspecified atom stereocenters. The number of rotatable bonds is 9. The van der Waals surface area contributed by atoms with Crippen LogP contribution < -0.4 is 9.47 Å². The minimum absolute atomic E-state index is 0.0865. The van der Waals surface area contributed by atoms with Gasteiger partial charge in [-0.05, 0) is 69.2 Å². The van der Waals surface area contributed by atoms with Crippen molar-refractivity contribution in [2.75, 3.05) is 26.2 Å². The van der Waals surface area contributed by atoms with E-state index in [0.29, 0.717) is 10.8 Å². The second-order valence-corrected chi connectivity index (χ2v) is 13.8. The zero-order chi connectivity index (χ0) is 26.0. The fourth-order valence-electron chi connectivity index (χ4n) is 3.67. The molecule has 0 atom stereocenters. The van der Waals surface area contributed by atoms with Crippen molar-refractivity contribution < 1.29 is 27.3 Å². The number of benzene rings is 3. The number of ketones is 1. The van der Waals surface area contributed by atoms with Gasteiger partial charge in [0.15, 0.2) is 11.5 Å². The van der Waals surface area contributed by atoms with E-state index in [2.05, 4.69) is 0 Å². The topological polar surface area (TPSA) is 52.6 Å². The predicted molar refractivity (Wildman–Crippen MR) is 137 cm³/mol. The average Bonchev–Trinajstić information content (AvgIpc) is 2.80. The van der Waals surface area contributed by atoms with Gasteiger partial charge in [-0.1, -0.05) is 40.9 Å². The molecule has 3 rings (SSSR count). The Labute approximate surface area is 217 Å². The third kappa shape index (κ3) is 5.64. The zero-order valence-corrected chi connectivity index (χ0v) is 22.2. The molecule has 0 saturated carbocycles. The van der Waals surface area contributed by atoms with Crippen LogP contribution in [0.25, 0.3) is 0 Å². The third-order valence-corrected chi connectivity index (χ3v) is 10.6. The fourth-order valence-corrected chi connectivity index (χ4v) is 7.30. The van der Waals surface area contributed by atoms with Crippen molar-refractivity contribution in [3.05, 3.63) is 81.3 Å². The Morgan fingerprint density at radius 3 is 2.03 bits per heavy atom. The summed E-state index contributed by atoms with van der Waals surface area (Å²) in [4.78, 5) is 13.4. The molecule has 0 radical (unpaired) electrons. The highest BCUT2D eigenvalue weighted by Gasteiger charge is 2.47. The van der Waals surface area contributed by atoms with E-state index < -0.39 is 32.9 Å². The lowest BCUT2D eigenvalue weighted by atomic mass is 10.0. The van der Waals surface area contributed by atoms with E-state index >= 15 is 8.78 Å². The zero-order valence-electron chi connectivity index (χ0n) is 19.1. The molecule has 0 fully saturated rings. The van der Waals surface area contributed by atoms with Crippen molar-refractivity contribution in [1.29, 1.82) is 0 Å². The maximum atomic E-state index is 15.2. The molecule has 4 nitrogen and oxygen atoms in total. The summed E-state index contributed by atoms with van der Waals surface area (Å²) in [5.41, 5.74) is 0.154. The number of alkyl halides is 2. The SMILES string of the molecule is COc1ccc(CC(F)(F)C(=O)CS(C)(=O)(c2ccc(Cl)cc2)c2ccc(Cl)c(Cl)c2)cc1OC. The van der Waals surface area contributed by atoms with E-state index in [9.17, 15) is 9.00 Å². The quantitative estimate of drug-likeness (QED) is 0.282. The lowest BCUT2D eigenvalue weighted by Crippen LogP contribution is -2.45. The van der Waals surface area contributed by atoms with Gasteiger partial charge in [0.1, 0.15) is 0 Å². The van der Waals surface area contributed by atoms with Crippen molar-refractivity contribution in [3.8, 4) is 11.5 Å². The predicted octanol–water partition coefficient (Wildman–Crippen LogP) is 6.98. The summed E-state index contributed by atoms with van der Waals surface area (Å²) in [6.07, 6.45) is 0.390. The molecular weight excluding hydrogens is 541 g/mol. The van der Waals surface area contributed by atoms with E-state index in [1.54, 1.807) is 0 Å². The summed E-state index contributed by atoms with van der Waals surface area (Å²) in [5.74, 6) is -5.63. The summed E-state index contributed by atoms with van der Waals surface area (Å²) in [6.45, 7) is 0. The molecule has 10 heteroatoms. The van der Waals surface area contributed by atoms with Crippen LogP contribution in [-0.2, 0) is 20.3 Å². The summed E-state index contributed by atoms with van der Waals surface area (Å²) in [6, 6.07) is 14.3. The van der Waals surface area contributed by atoms with Gasteiger partial charge in [-0.15, -0.1) is 0 Å². The molecule has 0 heterocycles. The first-order valence-electron chi connectivity index (χ1n) is 10.3. The first-order valence-corrected chi connectivity index (χ1v) is 13.9. The van der Waals surface area contributed by atoms with Gasteiger partial charge in [0, 0.05) is 27.5 Å². The average molecular weight is 564 g/mol. The second-order valence-electron chi connectivity index (χ2n) is 8.21. The molecule has 35 heavy (non-hydrogen) atoms. The Hall–Kier alpha value is -2.19. The van der Waals surface area contributed by atoms with Crippen LogP contribution in [0, 0.1) is 0 Å². The Morgan fingerprint density at radius 1 is 0.857 bits per heavy atom. The fraction of sp³-hybridized carbons (Fsp3) is 0.240. The Kier molecular flexibility index (Phi) is 7.87. The van der Waals surface area contributed by atoms with Crippen molar-refractivity contribution in [1.82, 2.24) is 0 Å². The molecule has 0 N–H and O–H groups in total. The van der Waals surface area contributed by atoms with E-state index in [0.717, 1.165) is 0 Å². The monoisotopic (exact) mass is 562 g/mol. The number of methoxy groups -OCH3 is 2. The minimum atomic E-state index is -4.41. The molecule has 3 aromatic rings. The molecule has 0 spiro atoms. The molecule has 188 valence electrons. The summed E-state index contributed by atoms with van der Waals surface area (Å²) in [5, 5.41) is 0.650. The minimum Gasteiger partial charge on any atom is -0.493 e. The summed E-state index contributed by atoms with van der Waals surface area (Å²) >= 11 is 18.1. The van der Waals surface area contributed by atoms with Crippen LogP contribution in [-0.4, -0.2) is 42.1 Å². The van der Waals surface area contributed by atoms with Crippen LogP contribution in [0.4, 0.5) is 8.78 Å². The van der Waals surface area contributed by atoms with Gasteiger partial charge >= 0.3 is 5.92 Å². The van der Waals surface area contributed by atoms with Crippen LogP contribution >= 0.6 is 34.8 Å². The van der Waals surface area contributed by atoms with Crippen molar-refractivity contribution >= 4 is 49.7 Å². The highest BCUT2D eigenvalue weighted by Crippen LogP contribution is 2.45. The molecule has 0 aromatic heterocycles. The molecule has 0 aliphatic rings.